The molecule has 0 saturated heterocycles. The number of nitrogens with one attached hydrogen (secondary N) is 1. The van der Waals surface area contributed by atoms with Crippen LogP contribution in [0.15, 0.2) is 42.5 Å². The average molecular weight is 294 g/mol. The third-order valence-corrected chi connectivity index (χ3v) is 3.73. The van der Waals surface area contributed by atoms with E-state index in [0.29, 0.717) is 5.92 Å². The van der Waals surface area contributed by atoms with Gasteiger partial charge in [-0.3, -0.25) is 0 Å². The van der Waals surface area contributed by atoms with E-state index in [1.54, 1.807) is 0 Å². The minimum absolute atomic E-state index is 0.639. The molecule has 0 amide bonds. The SMILES string of the molecule is Cc1ccc(OCCC(C)C)c(-c2nc3ccccc3[nH]2)c1. The van der Waals surface area contributed by atoms with Crippen LogP contribution in [0.5, 0.6) is 5.75 Å². The molecule has 114 valence electrons. The van der Waals surface area contributed by atoms with Gasteiger partial charge in [-0.2, -0.15) is 0 Å². The van der Waals surface area contributed by atoms with Crippen molar-refractivity contribution in [3.63, 3.8) is 0 Å². The van der Waals surface area contributed by atoms with Crippen molar-refractivity contribution in [2.75, 3.05) is 6.61 Å². The predicted octanol–water partition coefficient (Wildman–Crippen LogP) is 4.96. The fourth-order valence-corrected chi connectivity index (χ4v) is 2.44. The van der Waals surface area contributed by atoms with Crippen LogP contribution in [0.25, 0.3) is 22.4 Å². The lowest BCUT2D eigenvalue weighted by atomic mass is 10.1. The van der Waals surface area contributed by atoms with E-state index in [-0.39, 0.29) is 0 Å². The number of hydrogen-bond donors (Lipinski definition) is 1. The first kappa shape index (κ1) is 14.6. The molecule has 3 aromatic rings. The summed E-state index contributed by atoms with van der Waals surface area (Å²) in [5.41, 5.74) is 4.26. The van der Waals surface area contributed by atoms with Gasteiger partial charge in [0.1, 0.15) is 11.6 Å². The van der Waals surface area contributed by atoms with Crippen molar-refractivity contribution in [3.8, 4) is 17.1 Å². The maximum Gasteiger partial charge on any atom is 0.142 e. The van der Waals surface area contributed by atoms with Gasteiger partial charge in [-0.25, -0.2) is 4.98 Å². The third kappa shape index (κ3) is 3.14. The van der Waals surface area contributed by atoms with Crippen LogP contribution in [-0.4, -0.2) is 16.6 Å². The van der Waals surface area contributed by atoms with E-state index in [1.165, 1.54) is 5.56 Å². The first-order valence-electron chi connectivity index (χ1n) is 7.82. The standard InChI is InChI=1S/C19H22N2O/c1-13(2)10-11-22-18-9-8-14(3)12-15(18)19-20-16-6-4-5-7-17(16)21-19/h4-9,12-13H,10-11H2,1-3H3,(H,20,21). The van der Waals surface area contributed by atoms with Crippen LogP contribution >= 0.6 is 0 Å². The summed E-state index contributed by atoms with van der Waals surface area (Å²) in [4.78, 5) is 8.08. The van der Waals surface area contributed by atoms with Crippen LogP contribution in [-0.2, 0) is 0 Å². The fraction of sp³-hybridized carbons (Fsp3) is 0.316. The molecule has 1 heterocycles. The highest BCUT2D eigenvalue weighted by Gasteiger charge is 2.11. The molecule has 0 saturated carbocycles. The van der Waals surface area contributed by atoms with Gasteiger partial charge in [-0.05, 0) is 43.5 Å². The Balaban J connectivity index is 1.95. The molecule has 0 spiro atoms. The Kier molecular flexibility index (Phi) is 4.14. The highest BCUT2D eigenvalue weighted by atomic mass is 16.5. The van der Waals surface area contributed by atoms with E-state index in [2.05, 4.69) is 37.9 Å². The summed E-state index contributed by atoms with van der Waals surface area (Å²) < 4.78 is 5.99. The number of para-hydroxylation sites is 2. The van der Waals surface area contributed by atoms with Gasteiger partial charge >= 0.3 is 0 Å². The molecular weight excluding hydrogens is 272 g/mol. The van der Waals surface area contributed by atoms with Crippen molar-refractivity contribution in [2.24, 2.45) is 5.92 Å². The van der Waals surface area contributed by atoms with E-state index >= 15 is 0 Å². The normalized spacial score (nSPS) is 11.3. The molecule has 1 aromatic heterocycles. The summed E-state index contributed by atoms with van der Waals surface area (Å²) in [7, 11) is 0. The van der Waals surface area contributed by atoms with Gasteiger partial charge in [0.05, 0.1) is 23.2 Å². The quantitative estimate of drug-likeness (QED) is 0.722. The second-order valence-corrected chi connectivity index (χ2v) is 6.13. The van der Waals surface area contributed by atoms with Gasteiger partial charge < -0.3 is 9.72 Å². The summed E-state index contributed by atoms with van der Waals surface area (Å²) in [6.07, 6.45) is 1.05. The average Bonchev–Trinajstić information content (AvgIpc) is 2.92. The van der Waals surface area contributed by atoms with Crippen molar-refractivity contribution in [3.05, 3.63) is 48.0 Å². The Morgan fingerprint density at radius 3 is 2.73 bits per heavy atom. The fourth-order valence-electron chi connectivity index (χ4n) is 2.44. The van der Waals surface area contributed by atoms with E-state index in [9.17, 15) is 0 Å². The summed E-state index contributed by atoms with van der Waals surface area (Å²) in [5, 5.41) is 0. The van der Waals surface area contributed by atoms with Crippen LogP contribution in [0.2, 0.25) is 0 Å². The van der Waals surface area contributed by atoms with Gasteiger partial charge in [0.25, 0.3) is 0 Å². The third-order valence-electron chi connectivity index (χ3n) is 3.73. The lowest BCUT2D eigenvalue weighted by Gasteiger charge is -2.12. The Morgan fingerprint density at radius 1 is 1.14 bits per heavy atom. The molecule has 0 aliphatic carbocycles. The zero-order valence-electron chi connectivity index (χ0n) is 13.4. The number of aryl methyl sites for hydroxylation is 1. The molecule has 3 heteroatoms. The zero-order valence-corrected chi connectivity index (χ0v) is 13.4. The monoisotopic (exact) mass is 294 g/mol. The molecule has 0 aliphatic heterocycles. The molecule has 3 rings (SSSR count). The number of fused-ring (bicyclic) bond motifs is 1. The Labute approximate surface area is 131 Å². The van der Waals surface area contributed by atoms with Crippen LogP contribution < -0.4 is 4.74 Å². The molecule has 0 fully saturated rings. The maximum absolute atomic E-state index is 5.99. The number of H-pyrrole nitrogens is 1. The minimum Gasteiger partial charge on any atom is -0.493 e. The number of hydrogen-bond acceptors (Lipinski definition) is 2. The van der Waals surface area contributed by atoms with Crippen LogP contribution in [0.1, 0.15) is 25.8 Å². The van der Waals surface area contributed by atoms with Crippen molar-refractivity contribution in [1.29, 1.82) is 0 Å². The number of rotatable bonds is 5. The molecule has 1 N–H and O–H groups in total. The number of aromatic nitrogens is 2. The van der Waals surface area contributed by atoms with Crippen LogP contribution in [0.4, 0.5) is 0 Å². The van der Waals surface area contributed by atoms with Gasteiger partial charge in [-0.15, -0.1) is 0 Å². The largest absolute Gasteiger partial charge is 0.493 e. The molecule has 3 nitrogen and oxygen atoms in total. The van der Waals surface area contributed by atoms with Crippen molar-refractivity contribution >= 4 is 11.0 Å². The van der Waals surface area contributed by atoms with Crippen molar-refractivity contribution in [2.45, 2.75) is 27.2 Å². The van der Waals surface area contributed by atoms with E-state index in [0.717, 1.165) is 41.2 Å². The Morgan fingerprint density at radius 2 is 1.95 bits per heavy atom. The summed E-state index contributed by atoms with van der Waals surface area (Å²) in [6.45, 7) is 7.23. The molecule has 2 aromatic carbocycles. The Hall–Kier alpha value is -2.29. The van der Waals surface area contributed by atoms with E-state index < -0.39 is 0 Å². The lowest BCUT2D eigenvalue weighted by Crippen LogP contribution is -2.02. The highest BCUT2D eigenvalue weighted by Crippen LogP contribution is 2.30. The van der Waals surface area contributed by atoms with Crippen molar-refractivity contribution in [1.82, 2.24) is 9.97 Å². The second kappa shape index (κ2) is 6.22. The molecular formula is C19H22N2O. The maximum atomic E-state index is 5.99. The number of aromatic amines is 1. The topological polar surface area (TPSA) is 37.9 Å². The Bertz CT molecular complexity index is 741. The summed E-state index contributed by atoms with van der Waals surface area (Å²) in [6, 6.07) is 14.3. The first-order chi connectivity index (χ1) is 10.6. The molecule has 0 aliphatic rings. The summed E-state index contributed by atoms with van der Waals surface area (Å²) >= 11 is 0. The first-order valence-corrected chi connectivity index (χ1v) is 7.82. The summed E-state index contributed by atoms with van der Waals surface area (Å²) in [5.74, 6) is 2.40. The smallest absolute Gasteiger partial charge is 0.142 e. The predicted molar refractivity (Wildman–Crippen MR) is 91.2 cm³/mol. The van der Waals surface area contributed by atoms with Gasteiger partial charge in [0.15, 0.2) is 0 Å². The van der Waals surface area contributed by atoms with Gasteiger partial charge in [0, 0.05) is 0 Å². The van der Waals surface area contributed by atoms with E-state index in [1.807, 2.05) is 30.3 Å². The number of ether oxygens (including phenoxy) is 1. The zero-order chi connectivity index (χ0) is 15.5. The number of nitrogens with zero attached hydrogens (tertiary/aromatic N) is 1. The molecule has 22 heavy (non-hydrogen) atoms. The van der Waals surface area contributed by atoms with Gasteiger partial charge in [0.2, 0.25) is 0 Å². The molecule has 0 bridgehead atoms. The van der Waals surface area contributed by atoms with Crippen molar-refractivity contribution < 1.29 is 4.74 Å². The lowest BCUT2D eigenvalue weighted by molar-refractivity contribution is 0.290. The number of imidazole rings is 1. The van der Waals surface area contributed by atoms with E-state index in [4.69, 9.17) is 9.72 Å². The molecule has 0 radical (unpaired) electrons. The molecule has 0 unspecified atom stereocenters. The highest BCUT2D eigenvalue weighted by molar-refractivity contribution is 5.80. The minimum atomic E-state index is 0.639. The second-order valence-electron chi connectivity index (χ2n) is 6.13. The van der Waals surface area contributed by atoms with Crippen LogP contribution in [0, 0.1) is 12.8 Å². The number of benzene rings is 2. The van der Waals surface area contributed by atoms with Gasteiger partial charge in [-0.1, -0.05) is 37.6 Å². The molecule has 0 atom stereocenters. The van der Waals surface area contributed by atoms with Crippen LogP contribution in [0.3, 0.4) is 0 Å².